The number of aliphatic hydroxyl groups is 1. The van der Waals surface area contributed by atoms with Gasteiger partial charge in [0, 0.05) is 22.8 Å². The highest BCUT2D eigenvalue weighted by Crippen LogP contribution is 2.26. The summed E-state index contributed by atoms with van der Waals surface area (Å²) >= 11 is 1.26. The quantitative estimate of drug-likeness (QED) is 0.900. The molecule has 1 aromatic rings. The van der Waals surface area contributed by atoms with Crippen LogP contribution in [-0.4, -0.2) is 43.6 Å². The van der Waals surface area contributed by atoms with Gasteiger partial charge in [-0.2, -0.15) is 4.31 Å². The van der Waals surface area contributed by atoms with Crippen LogP contribution in [0.1, 0.15) is 18.2 Å². The Labute approximate surface area is 111 Å². The van der Waals surface area contributed by atoms with Gasteiger partial charge in [-0.05, 0) is 12.5 Å². The molecule has 5 nitrogen and oxygen atoms in total. The molecule has 18 heavy (non-hydrogen) atoms. The fourth-order valence-corrected chi connectivity index (χ4v) is 4.78. The molecule has 1 aromatic heterocycles. The molecule has 102 valence electrons. The Balaban J connectivity index is 2.28. The largest absolute Gasteiger partial charge is 0.391 e. The minimum absolute atomic E-state index is 0.0961. The molecule has 0 aliphatic carbocycles. The molecule has 1 atom stereocenters. The van der Waals surface area contributed by atoms with Crippen LogP contribution in [0.15, 0.2) is 16.3 Å². The molecule has 0 aromatic carbocycles. The van der Waals surface area contributed by atoms with E-state index < -0.39 is 10.0 Å². The van der Waals surface area contributed by atoms with Gasteiger partial charge < -0.3 is 9.84 Å². The minimum Gasteiger partial charge on any atom is -0.391 e. The van der Waals surface area contributed by atoms with E-state index in [-0.39, 0.29) is 17.5 Å². The highest BCUT2D eigenvalue weighted by molar-refractivity contribution is 7.89. The van der Waals surface area contributed by atoms with Gasteiger partial charge in [-0.15, -0.1) is 11.3 Å². The Morgan fingerprint density at radius 2 is 2.39 bits per heavy atom. The zero-order chi connectivity index (χ0) is 13.2. The average molecular weight is 291 g/mol. The van der Waals surface area contributed by atoms with E-state index >= 15 is 0 Å². The van der Waals surface area contributed by atoms with E-state index in [2.05, 4.69) is 0 Å². The van der Waals surface area contributed by atoms with Crippen molar-refractivity contribution >= 4 is 21.4 Å². The lowest BCUT2D eigenvalue weighted by atomic mass is 10.2. The SMILES string of the molecule is CCC1COCCN1S(=O)(=O)c1csc(CO)c1. The smallest absolute Gasteiger partial charge is 0.244 e. The van der Waals surface area contributed by atoms with Crippen LogP contribution in [0, 0.1) is 0 Å². The Hall–Kier alpha value is -0.470. The van der Waals surface area contributed by atoms with Gasteiger partial charge in [-0.25, -0.2) is 8.42 Å². The van der Waals surface area contributed by atoms with Gasteiger partial charge in [0.25, 0.3) is 0 Å². The molecule has 1 aliphatic heterocycles. The number of morpholine rings is 1. The van der Waals surface area contributed by atoms with Crippen molar-refractivity contribution < 1.29 is 18.3 Å². The molecule has 1 unspecified atom stereocenters. The van der Waals surface area contributed by atoms with Crippen molar-refractivity contribution in [2.75, 3.05) is 19.8 Å². The van der Waals surface area contributed by atoms with Gasteiger partial charge in [0.15, 0.2) is 0 Å². The lowest BCUT2D eigenvalue weighted by molar-refractivity contribution is 0.0314. The average Bonchev–Trinajstić information content (AvgIpc) is 2.88. The second kappa shape index (κ2) is 5.66. The van der Waals surface area contributed by atoms with Crippen molar-refractivity contribution in [1.82, 2.24) is 4.31 Å². The summed E-state index contributed by atoms with van der Waals surface area (Å²) < 4.78 is 31.8. The molecule has 2 rings (SSSR count). The van der Waals surface area contributed by atoms with E-state index in [4.69, 9.17) is 9.84 Å². The second-order valence-electron chi connectivity index (χ2n) is 4.16. The van der Waals surface area contributed by atoms with Crippen molar-refractivity contribution in [1.29, 1.82) is 0 Å². The Bertz CT molecular complexity index is 497. The summed E-state index contributed by atoms with van der Waals surface area (Å²) in [5, 5.41) is 10.6. The predicted octanol–water partition coefficient (Wildman–Crippen LogP) is 1.04. The van der Waals surface area contributed by atoms with E-state index in [0.29, 0.717) is 24.6 Å². The summed E-state index contributed by atoms with van der Waals surface area (Å²) in [6.45, 7) is 3.11. The molecule has 1 saturated heterocycles. The van der Waals surface area contributed by atoms with Crippen LogP contribution in [0.2, 0.25) is 0 Å². The van der Waals surface area contributed by atoms with Gasteiger partial charge in [-0.1, -0.05) is 6.92 Å². The van der Waals surface area contributed by atoms with E-state index in [1.165, 1.54) is 15.6 Å². The summed E-state index contributed by atoms with van der Waals surface area (Å²) in [6.07, 6.45) is 0.732. The third-order valence-corrected chi connectivity index (χ3v) is 6.04. The first-order valence-electron chi connectivity index (χ1n) is 5.87. The topological polar surface area (TPSA) is 66.8 Å². The zero-order valence-corrected chi connectivity index (χ0v) is 11.8. The first kappa shape index (κ1) is 14.0. The number of ether oxygens (including phenoxy) is 1. The van der Waals surface area contributed by atoms with Gasteiger partial charge in [0.2, 0.25) is 10.0 Å². The minimum atomic E-state index is -3.46. The summed E-state index contributed by atoms with van der Waals surface area (Å²) in [6, 6.07) is 1.45. The number of rotatable bonds is 4. The fraction of sp³-hybridized carbons (Fsp3) is 0.636. The molecule has 1 fully saturated rings. The number of nitrogens with zero attached hydrogens (tertiary/aromatic N) is 1. The highest BCUT2D eigenvalue weighted by Gasteiger charge is 2.33. The van der Waals surface area contributed by atoms with Crippen molar-refractivity contribution in [3.8, 4) is 0 Å². The van der Waals surface area contributed by atoms with Crippen LogP contribution in [-0.2, 0) is 21.4 Å². The Kier molecular flexibility index (Phi) is 4.39. The van der Waals surface area contributed by atoms with Gasteiger partial charge in [-0.3, -0.25) is 0 Å². The van der Waals surface area contributed by atoms with Gasteiger partial charge in [0.1, 0.15) is 0 Å². The summed E-state index contributed by atoms with van der Waals surface area (Å²) in [5.41, 5.74) is 0. The van der Waals surface area contributed by atoms with Crippen LogP contribution >= 0.6 is 11.3 Å². The molecule has 0 amide bonds. The second-order valence-corrected chi connectivity index (χ2v) is 7.05. The van der Waals surface area contributed by atoms with Crippen molar-refractivity contribution in [2.24, 2.45) is 0 Å². The normalized spacial score (nSPS) is 22.2. The maximum atomic E-state index is 12.5. The van der Waals surface area contributed by atoms with Crippen molar-refractivity contribution in [2.45, 2.75) is 30.9 Å². The van der Waals surface area contributed by atoms with Crippen molar-refractivity contribution in [3.05, 3.63) is 16.3 Å². The molecule has 0 bridgehead atoms. The third-order valence-electron chi connectivity index (χ3n) is 3.04. The monoisotopic (exact) mass is 291 g/mol. The number of sulfonamides is 1. The maximum absolute atomic E-state index is 12.5. The Morgan fingerprint density at radius 3 is 3.00 bits per heavy atom. The maximum Gasteiger partial charge on any atom is 0.244 e. The lowest BCUT2D eigenvalue weighted by Crippen LogP contribution is -2.48. The van der Waals surface area contributed by atoms with Crippen LogP contribution in [0.5, 0.6) is 0 Å². The zero-order valence-electron chi connectivity index (χ0n) is 10.2. The first-order chi connectivity index (χ1) is 8.59. The van der Waals surface area contributed by atoms with Crippen LogP contribution in [0.3, 0.4) is 0 Å². The van der Waals surface area contributed by atoms with Crippen molar-refractivity contribution in [3.63, 3.8) is 0 Å². The van der Waals surface area contributed by atoms with Crippen LogP contribution < -0.4 is 0 Å². The number of thiophene rings is 1. The summed E-state index contributed by atoms with van der Waals surface area (Å²) in [5.74, 6) is 0. The van der Waals surface area contributed by atoms with E-state index in [9.17, 15) is 8.42 Å². The molecule has 1 N–H and O–H groups in total. The molecule has 2 heterocycles. The van der Waals surface area contributed by atoms with Gasteiger partial charge >= 0.3 is 0 Å². The highest BCUT2D eigenvalue weighted by atomic mass is 32.2. The number of hydrogen-bond donors (Lipinski definition) is 1. The van der Waals surface area contributed by atoms with E-state index in [0.717, 1.165) is 6.42 Å². The lowest BCUT2D eigenvalue weighted by Gasteiger charge is -2.33. The number of aliphatic hydroxyl groups excluding tert-OH is 1. The van der Waals surface area contributed by atoms with E-state index in [1.807, 2.05) is 6.92 Å². The first-order valence-corrected chi connectivity index (χ1v) is 8.19. The van der Waals surface area contributed by atoms with Crippen LogP contribution in [0.25, 0.3) is 0 Å². The summed E-state index contributed by atoms with van der Waals surface area (Å²) in [4.78, 5) is 0.937. The summed E-state index contributed by atoms with van der Waals surface area (Å²) in [7, 11) is -3.46. The molecule has 0 spiro atoms. The number of hydrogen-bond acceptors (Lipinski definition) is 5. The molecule has 0 saturated carbocycles. The van der Waals surface area contributed by atoms with E-state index in [1.54, 1.807) is 11.4 Å². The molecular weight excluding hydrogens is 274 g/mol. The predicted molar refractivity (Wildman–Crippen MR) is 69.0 cm³/mol. The van der Waals surface area contributed by atoms with Gasteiger partial charge in [0.05, 0.1) is 24.7 Å². The van der Waals surface area contributed by atoms with Crippen LogP contribution in [0.4, 0.5) is 0 Å². The standard InChI is InChI=1S/C11H17NO4S2/c1-2-9-7-16-4-3-12(9)18(14,15)11-5-10(6-13)17-8-11/h5,8-9,13H,2-4,6-7H2,1H3. The molecular formula is C11H17NO4S2. The molecule has 0 radical (unpaired) electrons. The third kappa shape index (κ3) is 2.60. The Morgan fingerprint density at radius 1 is 1.61 bits per heavy atom. The molecule has 7 heteroatoms. The fourth-order valence-electron chi connectivity index (χ4n) is 1.99. The molecule has 1 aliphatic rings.